The molecule has 42 heavy (non-hydrogen) atoms. The molecule has 0 atom stereocenters. The smallest absolute Gasteiger partial charge is 0.187 e. The van der Waals surface area contributed by atoms with Crippen LogP contribution in [0.1, 0.15) is 5.56 Å². The van der Waals surface area contributed by atoms with Crippen LogP contribution < -0.4 is 0 Å². The number of nitrogens with zero attached hydrogens (tertiary/aromatic N) is 2. The van der Waals surface area contributed by atoms with Gasteiger partial charge in [-0.25, -0.2) is 4.85 Å². The first kappa shape index (κ1) is 24.8. The maximum absolute atomic E-state index is 9.82. The molecule has 0 heterocycles. The maximum atomic E-state index is 9.82. The normalized spacial score (nSPS) is 11.5. The van der Waals surface area contributed by atoms with E-state index in [0.717, 1.165) is 59.8 Å². The zero-order valence-corrected chi connectivity index (χ0v) is 24.4. The van der Waals surface area contributed by atoms with Crippen molar-refractivity contribution in [1.82, 2.24) is 0 Å². The molecule has 8 rings (SSSR count). The lowest BCUT2D eigenvalue weighted by molar-refractivity contribution is 1.48. The van der Waals surface area contributed by atoms with Gasteiger partial charge in [0, 0.05) is 4.47 Å². The van der Waals surface area contributed by atoms with Crippen LogP contribution in [-0.4, -0.2) is 0 Å². The summed E-state index contributed by atoms with van der Waals surface area (Å²) in [6.07, 6.45) is 0. The van der Waals surface area contributed by atoms with Crippen LogP contribution in [0.15, 0.2) is 114 Å². The van der Waals surface area contributed by atoms with Gasteiger partial charge >= 0.3 is 0 Å². The first-order chi connectivity index (χ1) is 20.6. The Kier molecular flexibility index (Phi) is 5.50. The molecule has 7 aromatic rings. The predicted molar refractivity (Wildman–Crippen MR) is 178 cm³/mol. The number of rotatable bonds is 2. The number of hydrogen-bond acceptors (Lipinski definition) is 1. The molecule has 1 aliphatic rings. The molecule has 0 aromatic heterocycles. The first-order valence-electron chi connectivity index (χ1n) is 13.5. The lowest BCUT2D eigenvalue weighted by atomic mass is 9.82. The molecular formula is C38H18BrClN2. The second kappa shape index (κ2) is 9.30. The Morgan fingerprint density at radius 3 is 2.14 bits per heavy atom. The summed E-state index contributed by atoms with van der Waals surface area (Å²) in [6, 6.07) is 39.5. The van der Waals surface area contributed by atoms with Gasteiger partial charge in [0.1, 0.15) is 0 Å². The van der Waals surface area contributed by atoms with E-state index in [4.69, 9.17) is 18.2 Å². The van der Waals surface area contributed by atoms with Gasteiger partial charge in [-0.3, -0.25) is 0 Å². The molecule has 0 saturated carbocycles. The zero-order valence-electron chi connectivity index (χ0n) is 22.0. The Labute approximate surface area is 256 Å². The van der Waals surface area contributed by atoms with Crippen LogP contribution in [0.4, 0.5) is 5.69 Å². The van der Waals surface area contributed by atoms with Gasteiger partial charge in [0.05, 0.1) is 23.2 Å². The molecule has 7 aromatic carbocycles. The first-order valence-corrected chi connectivity index (χ1v) is 14.7. The van der Waals surface area contributed by atoms with E-state index in [1.54, 1.807) is 0 Å². The van der Waals surface area contributed by atoms with E-state index in [0.29, 0.717) is 16.3 Å². The molecular weight excluding hydrogens is 600 g/mol. The van der Waals surface area contributed by atoms with Crippen molar-refractivity contribution in [1.29, 1.82) is 5.26 Å². The molecule has 4 heteroatoms. The summed E-state index contributed by atoms with van der Waals surface area (Å²) in [6.45, 7) is 7.72. The summed E-state index contributed by atoms with van der Waals surface area (Å²) in [5.74, 6) is 0. The fraction of sp³-hybridized carbons (Fsp3) is 0. The lowest BCUT2D eigenvalue weighted by Gasteiger charge is -2.21. The molecule has 0 aliphatic heterocycles. The van der Waals surface area contributed by atoms with Crippen molar-refractivity contribution >= 4 is 65.5 Å². The fourth-order valence-corrected chi connectivity index (χ4v) is 7.17. The van der Waals surface area contributed by atoms with Crippen molar-refractivity contribution in [3.8, 4) is 50.6 Å². The van der Waals surface area contributed by atoms with Crippen molar-refractivity contribution < 1.29 is 0 Å². The molecule has 0 fully saturated rings. The van der Waals surface area contributed by atoms with E-state index in [9.17, 15) is 5.26 Å². The minimum Gasteiger partial charge on any atom is -0.238 e. The van der Waals surface area contributed by atoms with Crippen LogP contribution in [0, 0.1) is 17.9 Å². The third kappa shape index (κ3) is 3.49. The van der Waals surface area contributed by atoms with Crippen molar-refractivity contribution in [2.24, 2.45) is 0 Å². The summed E-state index contributed by atoms with van der Waals surface area (Å²) >= 11 is 10.5. The molecule has 194 valence electrons. The van der Waals surface area contributed by atoms with Crippen LogP contribution in [0.3, 0.4) is 0 Å². The molecule has 0 bridgehead atoms. The predicted octanol–water partition coefficient (Wildman–Crippen LogP) is 12.0. The van der Waals surface area contributed by atoms with Crippen molar-refractivity contribution in [2.45, 2.75) is 0 Å². The Balaban J connectivity index is 1.67. The highest BCUT2D eigenvalue weighted by atomic mass is 79.9. The van der Waals surface area contributed by atoms with Gasteiger partial charge in [-0.05, 0) is 129 Å². The lowest BCUT2D eigenvalue weighted by Crippen LogP contribution is -1.94. The zero-order chi connectivity index (χ0) is 28.5. The quantitative estimate of drug-likeness (QED) is 0.140. The highest BCUT2D eigenvalue weighted by molar-refractivity contribution is 9.10. The topological polar surface area (TPSA) is 28.1 Å². The third-order valence-corrected chi connectivity index (χ3v) is 9.51. The highest BCUT2D eigenvalue weighted by Gasteiger charge is 2.31. The van der Waals surface area contributed by atoms with Gasteiger partial charge < -0.3 is 0 Å². The Morgan fingerprint density at radius 2 is 1.33 bits per heavy atom. The van der Waals surface area contributed by atoms with Crippen LogP contribution >= 0.6 is 27.5 Å². The molecule has 0 spiro atoms. The molecule has 1 aliphatic carbocycles. The number of nitriles is 1. The largest absolute Gasteiger partial charge is 0.238 e. The Bertz CT molecular complexity index is 2410. The van der Waals surface area contributed by atoms with Gasteiger partial charge in [-0.1, -0.05) is 84.4 Å². The van der Waals surface area contributed by atoms with Crippen LogP contribution in [0.5, 0.6) is 0 Å². The SMILES string of the molecule is [C-]#[N+]c1cccc(-c2c3c(c(-c4cccc(C#N)c4)c4cc(Cl)c(Br)cc24)-c2cc4ccccc4c4cccc-3c24)c1. The second-order valence-electron chi connectivity index (χ2n) is 10.5. The van der Waals surface area contributed by atoms with E-state index >= 15 is 0 Å². The standard InChI is InChI=1S/C38H18BrClN2/c1-42-25-11-5-10-24(16-25)35-29-18-32(39)33(40)19-30(29)34(23-9-4-7-21(15-23)20-41)38-31-17-22-8-2-3-12-26(22)27-13-6-14-28(36(27)31)37(35)38/h2-19H. The Morgan fingerprint density at radius 1 is 0.643 bits per heavy atom. The number of hydrogen-bond donors (Lipinski definition) is 0. The summed E-state index contributed by atoms with van der Waals surface area (Å²) in [7, 11) is 0. The minimum atomic E-state index is 0.590. The average molecular weight is 618 g/mol. The van der Waals surface area contributed by atoms with E-state index in [2.05, 4.69) is 93.6 Å². The number of benzene rings is 7. The van der Waals surface area contributed by atoms with Crippen molar-refractivity contribution in [3.63, 3.8) is 0 Å². The summed E-state index contributed by atoms with van der Waals surface area (Å²) < 4.78 is 0.801. The molecule has 0 radical (unpaired) electrons. The van der Waals surface area contributed by atoms with Crippen LogP contribution in [0.2, 0.25) is 5.02 Å². The monoisotopic (exact) mass is 616 g/mol. The molecule has 0 N–H and O–H groups in total. The maximum Gasteiger partial charge on any atom is 0.187 e. The molecule has 0 saturated heterocycles. The Hall–Kier alpha value is -4.93. The van der Waals surface area contributed by atoms with E-state index < -0.39 is 0 Å². The van der Waals surface area contributed by atoms with Crippen LogP contribution in [0.25, 0.3) is 81.7 Å². The van der Waals surface area contributed by atoms with Crippen LogP contribution in [-0.2, 0) is 0 Å². The minimum absolute atomic E-state index is 0.590. The summed E-state index contributed by atoms with van der Waals surface area (Å²) in [5, 5.41) is 17.3. The van der Waals surface area contributed by atoms with Gasteiger partial charge in [-0.2, -0.15) is 5.26 Å². The third-order valence-electron chi connectivity index (χ3n) is 8.32. The molecule has 0 amide bonds. The van der Waals surface area contributed by atoms with E-state index in [1.807, 2.05) is 42.5 Å². The average Bonchev–Trinajstić information content (AvgIpc) is 3.35. The summed E-state index contributed by atoms with van der Waals surface area (Å²) in [4.78, 5) is 3.75. The summed E-state index contributed by atoms with van der Waals surface area (Å²) in [5.41, 5.74) is 9.82. The molecule has 2 nitrogen and oxygen atoms in total. The van der Waals surface area contributed by atoms with Crippen molar-refractivity contribution in [2.75, 3.05) is 0 Å². The number of fused-ring (bicyclic) bond motifs is 6. The van der Waals surface area contributed by atoms with E-state index in [-0.39, 0.29) is 0 Å². The van der Waals surface area contributed by atoms with Gasteiger partial charge in [0.2, 0.25) is 0 Å². The molecule has 0 unspecified atom stereocenters. The van der Waals surface area contributed by atoms with Crippen molar-refractivity contribution in [3.05, 3.63) is 136 Å². The van der Waals surface area contributed by atoms with E-state index in [1.165, 1.54) is 21.5 Å². The van der Waals surface area contributed by atoms with Gasteiger partial charge in [-0.15, -0.1) is 0 Å². The van der Waals surface area contributed by atoms with Gasteiger partial charge in [0.25, 0.3) is 0 Å². The highest BCUT2D eigenvalue weighted by Crippen LogP contribution is 2.59. The van der Waals surface area contributed by atoms with Gasteiger partial charge in [0.15, 0.2) is 5.69 Å². The number of halogens is 2. The second-order valence-corrected chi connectivity index (χ2v) is 11.8. The fourth-order valence-electron chi connectivity index (χ4n) is 6.66.